The maximum absolute atomic E-state index is 11.4. The van der Waals surface area contributed by atoms with Crippen LogP contribution in [0.4, 0.5) is 16.2 Å². The topological polar surface area (TPSA) is 165 Å². The summed E-state index contributed by atoms with van der Waals surface area (Å²) in [4.78, 5) is 16.1. The van der Waals surface area contributed by atoms with Crippen LogP contribution in [-0.4, -0.2) is 16.9 Å². The van der Waals surface area contributed by atoms with Crippen LogP contribution < -0.4 is 32.8 Å². The van der Waals surface area contributed by atoms with E-state index in [1.807, 2.05) is 60.0 Å². The molecule has 170 valence electrons. The molecule has 9 N–H and O–H groups in total. The number of carbonyl (C=O) groups excluding carboxylic acids is 1. The number of hydrogen-bond acceptors (Lipinski definition) is 6. The van der Waals surface area contributed by atoms with Crippen molar-refractivity contribution in [3.63, 3.8) is 0 Å². The Hall–Kier alpha value is -4.89. The highest BCUT2D eigenvalue weighted by molar-refractivity contribution is 6.06. The molecule has 0 radical (unpaired) electrons. The molecule has 3 aromatic carbocycles. The van der Waals surface area contributed by atoms with E-state index in [2.05, 4.69) is 5.32 Å². The van der Waals surface area contributed by atoms with E-state index < -0.39 is 6.03 Å². The molecule has 1 aromatic heterocycles. The second kappa shape index (κ2) is 9.72. The molecule has 0 aliphatic rings. The zero-order valence-corrected chi connectivity index (χ0v) is 18.1. The van der Waals surface area contributed by atoms with Crippen LogP contribution >= 0.6 is 0 Å². The van der Waals surface area contributed by atoms with Crippen LogP contribution in [0, 0.1) is 5.41 Å². The van der Waals surface area contributed by atoms with Crippen LogP contribution in [0.2, 0.25) is 0 Å². The molecule has 9 nitrogen and oxygen atoms in total. The average molecular weight is 454 g/mol. The fourth-order valence-corrected chi connectivity index (χ4v) is 3.40. The van der Waals surface area contributed by atoms with Gasteiger partial charge in [-0.15, -0.1) is 0 Å². The van der Waals surface area contributed by atoms with Crippen molar-refractivity contribution < 1.29 is 9.53 Å². The predicted molar refractivity (Wildman–Crippen MR) is 133 cm³/mol. The minimum absolute atomic E-state index is 0.177. The maximum atomic E-state index is 11.4. The van der Waals surface area contributed by atoms with Gasteiger partial charge in [0.15, 0.2) is 0 Å². The fourth-order valence-electron chi connectivity index (χ4n) is 3.40. The molecule has 0 fully saturated rings. The summed E-state index contributed by atoms with van der Waals surface area (Å²) in [6.07, 6.45) is 0. The van der Waals surface area contributed by atoms with Crippen LogP contribution in [0.1, 0.15) is 5.56 Å². The Kier molecular flexibility index (Phi) is 6.38. The number of aromatic nitrogens is 1. The van der Waals surface area contributed by atoms with Gasteiger partial charge in [-0.05, 0) is 54.6 Å². The monoisotopic (exact) mass is 453 g/mol. The van der Waals surface area contributed by atoms with Crippen molar-refractivity contribution in [1.82, 2.24) is 10.4 Å². The Balaban J connectivity index is 1.68. The molecule has 34 heavy (non-hydrogen) atoms. The molecule has 9 heteroatoms. The summed E-state index contributed by atoms with van der Waals surface area (Å²) < 4.78 is 5.86. The van der Waals surface area contributed by atoms with E-state index in [-0.39, 0.29) is 5.84 Å². The minimum Gasteiger partial charge on any atom is -0.457 e. The number of rotatable bonds is 6. The van der Waals surface area contributed by atoms with Gasteiger partial charge in [0, 0.05) is 22.5 Å². The lowest BCUT2D eigenvalue weighted by Crippen LogP contribution is -2.34. The standard InChI is InChI=1S/C25H23N7O2/c26-20-14-21(15-6-10-17(11-7-15)30-25(33)32-29)31-23(22(20)24(27)28)16-8-12-19(13-9-16)34-18-4-2-1-3-5-18/h1-14H,29H2,(H2,26,31)(H3,27,28)(H2,30,32,33). The number of nitrogens with two attached hydrogens (primary N) is 3. The van der Waals surface area contributed by atoms with Crippen molar-refractivity contribution in [2.75, 3.05) is 11.1 Å². The van der Waals surface area contributed by atoms with Crippen molar-refractivity contribution >= 4 is 23.2 Å². The maximum Gasteiger partial charge on any atom is 0.333 e. The largest absolute Gasteiger partial charge is 0.457 e. The molecule has 1 heterocycles. The Morgan fingerprint density at radius 1 is 0.882 bits per heavy atom. The summed E-state index contributed by atoms with van der Waals surface area (Å²) in [5, 5.41) is 10.6. The van der Waals surface area contributed by atoms with Crippen molar-refractivity contribution in [3.05, 3.63) is 90.5 Å². The number of nitrogen functional groups attached to an aromatic ring is 2. The normalized spacial score (nSPS) is 10.4. The SMILES string of the molecule is N=C(N)c1c(N)cc(-c2ccc(NC(=O)NN)cc2)nc1-c1ccc(Oc2ccccc2)cc1. The Morgan fingerprint density at radius 3 is 2.12 bits per heavy atom. The highest BCUT2D eigenvalue weighted by Gasteiger charge is 2.16. The van der Waals surface area contributed by atoms with Crippen LogP contribution in [0.5, 0.6) is 11.5 Å². The first-order chi connectivity index (χ1) is 16.4. The lowest BCUT2D eigenvalue weighted by atomic mass is 10.0. The first kappa shape index (κ1) is 22.3. The number of hydrogen-bond donors (Lipinski definition) is 6. The second-order valence-corrected chi connectivity index (χ2v) is 7.35. The van der Waals surface area contributed by atoms with Crippen LogP contribution in [0.25, 0.3) is 22.5 Å². The van der Waals surface area contributed by atoms with Crippen LogP contribution in [0.15, 0.2) is 84.9 Å². The predicted octanol–water partition coefficient (Wildman–Crippen LogP) is 4.07. The lowest BCUT2D eigenvalue weighted by Gasteiger charge is -2.14. The van der Waals surface area contributed by atoms with Gasteiger partial charge in [-0.2, -0.15) is 0 Å². The zero-order chi connectivity index (χ0) is 24.1. The van der Waals surface area contributed by atoms with Crippen LogP contribution in [0.3, 0.4) is 0 Å². The fraction of sp³-hybridized carbons (Fsp3) is 0. The lowest BCUT2D eigenvalue weighted by molar-refractivity contribution is 0.252. The summed E-state index contributed by atoms with van der Waals surface area (Å²) in [5.41, 5.74) is 18.0. The molecule has 0 atom stereocenters. The van der Waals surface area contributed by atoms with E-state index in [4.69, 9.17) is 32.4 Å². The molecule has 2 amide bonds. The third-order valence-electron chi connectivity index (χ3n) is 5.00. The highest BCUT2D eigenvalue weighted by atomic mass is 16.5. The number of ether oxygens (including phenoxy) is 1. The first-order valence-corrected chi connectivity index (χ1v) is 10.3. The molecule has 0 spiro atoms. The van der Waals surface area contributed by atoms with Gasteiger partial charge < -0.3 is 21.5 Å². The van der Waals surface area contributed by atoms with Gasteiger partial charge in [-0.25, -0.2) is 15.6 Å². The van der Waals surface area contributed by atoms with Crippen molar-refractivity contribution in [3.8, 4) is 34.0 Å². The number of amidine groups is 1. The van der Waals surface area contributed by atoms with Gasteiger partial charge in [0.25, 0.3) is 0 Å². The molecule has 4 rings (SSSR count). The number of para-hydroxylation sites is 1. The molecule has 0 bridgehead atoms. The molecule has 0 saturated carbocycles. The van der Waals surface area contributed by atoms with E-state index >= 15 is 0 Å². The van der Waals surface area contributed by atoms with Gasteiger partial charge in [0.2, 0.25) is 0 Å². The summed E-state index contributed by atoms with van der Waals surface area (Å²) in [6.45, 7) is 0. The highest BCUT2D eigenvalue weighted by Crippen LogP contribution is 2.32. The van der Waals surface area contributed by atoms with E-state index in [0.29, 0.717) is 34.1 Å². The quantitative estimate of drug-likeness (QED) is 0.0846. The molecule has 0 unspecified atom stereocenters. The third-order valence-corrected chi connectivity index (χ3v) is 5.00. The smallest absolute Gasteiger partial charge is 0.333 e. The summed E-state index contributed by atoms with van der Waals surface area (Å²) in [6, 6.07) is 25.0. The first-order valence-electron chi connectivity index (χ1n) is 10.3. The molecule has 0 aliphatic heterocycles. The molecule has 0 aliphatic carbocycles. The molecular weight excluding hydrogens is 430 g/mol. The minimum atomic E-state index is -0.525. The number of hydrazine groups is 1. The van der Waals surface area contributed by atoms with Gasteiger partial charge in [-0.3, -0.25) is 10.8 Å². The van der Waals surface area contributed by atoms with E-state index in [0.717, 1.165) is 16.9 Å². The number of anilines is 2. The number of nitrogens with zero attached hydrogens (tertiary/aromatic N) is 1. The van der Waals surface area contributed by atoms with E-state index in [9.17, 15) is 4.79 Å². The van der Waals surface area contributed by atoms with Gasteiger partial charge in [-0.1, -0.05) is 30.3 Å². The van der Waals surface area contributed by atoms with Gasteiger partial charge >= 0.3 is 6.03 Å². The number of urea groups is 1. The second-order valence-electron chi connectivity index (χ2n) is 7.35. The summed E-state index contributed by atoms with van der Waals surface area (Å²) >= 11 is 0. The Labute approximate surface area is 196 Å². The van der Waals surface area contributed by atoms with Crippen LogP contribution in [-0.2, 0) is 0 Å². The Bertz CT molecular complexity index is 1320. The average Bonchev–Trinajstić information content (AvgIpc) is 2.85. The number of amides is 2. The van der Waals surface area contributed by atoms with E-state index in [1.165, 1.54) is 0 Å². The number of carbonyl (C=O) groups is 1. The summed E-state index contributed by atoms with van der Waals surface area (Å²) in [5.74, 6) is 6.31. The number of nitrogens with one attached hydrogen (secondary N) is 3. The molecular formula is C25H23N7O2. The third kappa shape index (κ3) is 4.95. The van der Waals surface area contributed by atoms with Crippen molar-refractivity contribution in [2.24, 2.45) is 11.6 Å². The van der Waals surface area contributed by atoms with Crippen molar-refractivity contribution in [2.45, 2.75) is 0 Å². The number of pyridine rings is 1. The zero-order valence-electron chi connectivity index (χ0n) is 18.1. The van der Waals surface area contributed by atoms with Gasteiger partial charge in [0.1, 0.15) is 17.3 Å². The summed E-state index contributed by atoms with van der Waals surface area (Å²) in [7, 11) is 0. The molecule has 4 aromatic rings. The van der Waals surface area contributed by atoms with Gasteiger partial charge in [0.05, 0.1) is 17.0 Å². The number of benzene rings is 3. The Morgan fingerprint density at radius 2 is 1.50 bits per heavy atom. The molecule has 0 saturated heterocycles. The van der Waals surface area contributed by atoms with Crippen molar-refractivity contribution in [1.29, 1.82) is 5.41 Å². The van der Waals surface area contributed by atoms with E-state index in [1.54, 1.807) is 30.3 Å².